The predicted octanol–water partition coefficient (Wildman–Crippen LogP) is 3.86. The minimum atomic E-state index is 0.136. The van der Waals surface area contributed by atoms with Gasteiger partial charge in [0.2, 0.25) is 0 Å². The molecular formula is C15H16ClN3OS. The standard InChI is InChI=1S/C15H16ClN3OS/c1-9-7-12(10(2)19(9)11-3-4-11)13(20)8-21-15-6-5-14(16)17-18-15/h5-7,11H,3-4,8H2,1-2H3. The largest absolute Gasteiger partial charge is 0.345 e. The number of halogens is 1. The van der Waals surface area contributed by atoms with E-state index in [1.54, 1.807) is 12.1 Å². The summed E-state index contributed by atoms with van der Waals surface area (Å²) in [6.45, 7) is 4.10. The maximum absolute atomic E-state index is 12.4. The Labute approximate surface area is 132 Å². The molecule has 1 aliphatic carbocycles. The van der Waals surface area contributed by atoms with Crippen molar-refractivity contribution in [2.45, 2.75) is 37.8 Å². The molecule has 1 saturated carbocycles. The van der Waals surface area contributed by atoms with Crippen molar-refractivity contribution < 1.29 is 4.79 Å². The Morgan fingerprint density at radius 2 is 2.14 bits per heavy atom. The Morgan fingerprint density at radius 3 is 2.76 bits per heavy atom. The summed E-state index contributed by atoms with van der Waals surface area (Å²) >= 11 is 7.08. The number of Topliss-reactive ketones (excluding diaryl/α,β-unsaturated/α-hetero) is 1. The fourth-order valence-electron chi connectivity index (χ4n) is 2.55. The van der Waals surface area contributed by atoms with Gasteiger partial charge in [-0.05, 0) is 44.9 Å². The van der Waals surface area contributed by atoms with E-state index in [0.29, 0.717) is 22.0 Å². The SMILES string of the molecule is Cc1cc(C(=O)CSc2ccc(Cl)nn2)c(C)n1C1CC1. The smallest absolute Gasteiger partial charge is 0.174 e. The van der Waals surface area contributed by atoms with E-state index in [-0.39, 0.29) is 5.78 Å². The quantitative estimate of drug-likeness (QED) is 0.620. The third-order valence-corrected chi connectivity index (χ3v) is 4.78. The third-order valence-electron chi connectivity index (χ3n) is 3.66. The molecule has 110 valence electrons. The monoisotopic (exact) mass is 321 g/mol. The zero-order valence-electron chi connectivity index (χ0n) is 12.0. The first-order valence-corrected chi connectivity index (χ1v) is 8.26. The third kappa shape index (κ3) is 3.14. The molecule has 0 unspecified atom stereocenters. The lowest BCUT2D eigenvalue weighted by atomic mass is 10.2. The highest BCUT2D eigenvalue weighted by Gasteiger charge is 2.28. The predicted molar refractivity (Wildman–Crippen MR) is 84.3 cm³/mol. The summed E-state index contributed by atoms with van der Waals surface area (Å²) in [5, 5.41) is 8.80. The second kappa shape index (κ2) is 5.81. The van der Waals surface area contributed by atoms with Gasteiger partial charge in [0, 0.05) is 23.0 Å². The first-order valence-electron chi connectivity index (χ1n) is 6.90. The van der Waals surface area contributed by atoms with Crippen molar-refractivity contribution in [3.63, 3.8) is 0 Å². The molecule has 0 spiro atoms. The number of hydrogen-bond donors (Lipinski definition) is 0. The highest BCUT2D eigenvalue weighted by molar-refractivity contribution is 7.99. The summed E-state index contributed by atoms with van der Waals surface area (Å²) in [7, 11) is 0. The number of rotatable bonds is 5. The summed E-state index contributed by atoms with van der Waals surface area (Å²) in [5.41, 5.74) is 3.09. The first kappa shape index (κ1) is 14.6. The van der Waals surface area contributed by atoms with Gasteiger partial charge >= 0.3 is 0 Å². The van der Waals surface area contributed by atoms with Crippen molar-refractivity contribution in [1.29, 1.82) is 0 Å². The van der Waals surface area contributed by atoms with Crippen molar-refractivity contribution in [3.05, 3.63) is 40.3 Å². The van der Waals surface area contributed by atoms with Crippen LogP contribution in [-0.4, -0.2) is 26.3 Å². The van der Waals surface area contributed by atoms with Crippen molar-refractivity contribution in [1.82, 2.24) is 14.8 Å². The van der Waals surface area contributed by atoms with Gasteiger partial charge in [0.25, 0.3) is 0 Å². The maximum atomic E-state index is 12.4. The fraction of sp³-hybridized carbons (Fsp3) is 0.400. The van der Waals surface area contributed by atoms with E-state index in [1.165, 1.54) is 30.3 Å². The molecule has 6 heteroatoms. The van der Waals surface area contributed by atoms with Crippen LogP contribution in [0.1, 0.15) is 40.6 Å². The molecule has 0 aliphatic heterocycles. The summed E-state index contributed by atoms with van der Waals surface area (Å²) in [5.74, 6) is 0.502. The molecule has 0 amide bonds. The maximum Gasteiger partial charge on any atom is 0.174 e. The van der Waals surface area contributed by atoms with E-state index >= 15 is 0 Å². The number of hydrogen-bond acceptors (Lipinski definition) is 4. The second-order valence-corrected chi connectivity index (χ2v) is 6.68. The summed E-state index contributed by atoms with van der Waals surface area (Å²) < 4.78 is 2.29. The van der Waals surface area contributed by atoms with E-state index in [2.05, 4.69) is 21.7 Å². The number of aryl methyl sites for hydroxylation is 1. The molecule has 21 heavy (non-hydrogen) atoms. The van der Waals surface area contributed by atoms with Crippen LogP contribution in [0.2, 0.25) is 5.15 Å². The van der Waals surface area contributed by atoms with E-state index in [1.807, 2.05) is 13.0 Å². The van der Waals surface area contributed by atoms with Crippen LogP contribution < -0.4 is 0 Å². The normalized spacial score (nSPS) is 14.4. The number of thioether (sulfide) groups is 1. The molecule has 0 saturated heterocycles. The van der Waals surface area contributed by atoms with Crippen molar-refractivity contribution in [2.75, 3.05) is 5.75 Å². The van der Waals surface area contributed by atoms with E-state index in [0.717, 1.165) is 11.3 Å². The zero-order chi connectivity index (χ0) is 15.0. The van der Waals surface area contributed by atoms with Crippen LogP contribution in [0.5, 0.6) is 0 Å². The summed E-state index contributed by atoms with van der Waals surface area (Å²) in [6.07, 6.45) is 2.44. The van der Waals surface area contributed by atoms with Crippen LogP contribution in [0.25, 0.3) is 0 Å². The number of ketones is 1. The van der Waals surface area contributed by atoms with Gasteiger partial charge in [0.1, 0.15) is 5.03 Å². The second-order valence-electron chi connectivity index (χ2n) is 5.29. The summed E-state index contributed by atoms with van der Waals surface area (Å²) in [4.78, 5) is 12.4. The van der Waals surface area contributed by atoms with Gasteiger partial charge in [-0.1, -0.05) is 23.4 Å². The van der Waals surface area contributed by atoms with Crippen LogP contribution in [0, 0.1) is 13.8 Å². The van der Waals surface area contributed by atoms with Gasteiger partial charge in [0.05, 0.1) is 5.75 Å². The van der Waals surface area contributed by atoms with Crippen molar-refractivity contribution in [3.8, 4) is 0 Å². The molecule has 0 atom stereocenters. The van der Waals surface area contributed by atoms with Crippen LogP contribution in [-0.2, 0) is 0 Å². The minimum Gasteiger partial charge on any atom is -0.345 e. The molecule has 3 rings (SSSR count). The Balaban J connectivity index is 1.71. The molecule has 0 N–H and O–H groups in total. The molecule has 0 bridgehead atoms. The average Bonchev–Trinajstić information content (AvgIpc) is 3.24. The highest BCUT2D eigenvalue weighted by atomic mass is 35.5. The van der Waals surface area contributed by atoms with E-state index in [9.17, 15) is 4.79 Å². The van der Waals surface area contributed by atoms with Crippen LogP contribution in [0.4, 0.5) is 0 Å². The Kier molecular flexibility index (Phi) is 4.04. The Hall–Kier alpha value is -1.33. The zero-order valence-corrected chi connectivity index (χ0v) is 13.5. The average molecular weight is 322 g/mol. The Bertz CT molecular complexity index is 677. The number of nitrogens with zero attached hydrogens (tertiary/aromatic N) is 3. The van der Waals surface area contributed by atoms with Gasteiger partial charge in [-0.2, -0.15) is 0 Å². The highest BCUT2D eigenvalue weighted by Crippen LogP contribution is 2.38. The number of aromatic nitrogens is 3. The lowest BCUT2D eigenvalue weighted by Gasteiger charge is -2.07. The molecule has 1 aliphatic rings. The molecule has 4 nitrogen and oxygen atoms in total. The minimum absolute atomic E-state index is 0.136. The molecule has 0 radical (unpaired) electrons. The molecule has 0 aromatic carbocycles. The first-order chi connectivity index (χ1) is 10.1. The number of carbonyl (C=O) groups excluding carboxylic acids is 1. The molecule has 2 aromatic heterocycles. The van der Waals surface area contributed by atoms with Gasteiger partial charge in [-0.3, -0.25) is 4.79 Å². The molecule has 1 fully saturated rings. The van der Waals surface area contributed by atoms with Gasteiger partial charge in [-0.15, -0.1) is 10.2 Å². The fourth-order valence-corrected chi connectivity index (χ4v) is 3.35. The molecule has 2 heterocycles. The van der Waals surface area contributed by atoms with Crippen LogP contribution in [0.15, 0.2) is 23.2 Å². The van der Waals surface area contributed by atoms with E-state index < -0.39 is 0 Å². The summed E-state index contributed by atoms with van der Waals surface area (Å²) in [6, 6.07) is 6.06. The van der Waals surface area contributed by atoms with Crippen LogP contribution in [0.3, 0.4) is 0 Å². The lowest BCUT2D eigenvalue weighted by molar-refractivity contribution is 0.102. The van der Waals surface area contributed by atoms with E-state index in [4.69, 9.17) is 11.6 Å². The molecule has 2 aromatic rings. The number of carbonyl (C=O) groups is 1. The van der Waals surface area contributed by atoms with Gasteiger partial charge < -0.3 is 4.57 Å². The Morgan fingerprint density at radius 1 is 1.38 bits per heavy atom. The topological polar surface area (TPSA) is 47.8 Å². The van der Waals surface area contributed by atoms with Crippen LogP contribution >= 0.6 is 23.4 Å². The van der Waals surface area contributed by atoms with Gasteiger partial charge in [0.15, 0.2) is 10.9 Å². The molecular weight excluding hydrogens is 306 g/mol. The van der Waals surface area contributed by atoms with Crippen molar-refractivity contribution >= 4 is 29.1 Å². The lowest BCUT2D eigenvalue weighted by Crippen LogP contribution is -2.06. The van der Waals surface area contributed by atoms with Gasteiger partial charge in [-0.25, -0.2) is 0 Å². The van der Waals surface area contributed by atoms with Crippen molar-refractivity contribution in [2.24, 2.45) is 0 Å².